The van der Waals surface area contributed by atoms with Crippen LogP contribution in [0.15, 0.2) is 70.6 Å². The molecule has 0 atom stereocenters. The smallest absolute Gasteiger partial charge is 0.243 e. The van der Waals surface area contributed by atoms with Crippen LogP contribution in [0.25, 0.3) is 0 Å². The summed E-state index contributed by atoms with van der Waals surface area (Å²) in [6.07, 6.45) is 1.68. The van der Waals surface area contributed by atoms with E-state index in [9.17, 15) is 8.42 Å². The van der Waals surface area contributed by atoms with E-state index < -0.39 is 10.0 Å². The van der Waals surface area contributed by atoms with Crippen LogP contribution in [-0.2, 0) is 16.6 Å². The fourth-order valence-electron chi connectivity index (χ4n) is 3.34. The zero-order valence-corrected chi connectivity index (χ0v) is 17.0. The first-order chi connectivity index (χ1) is 13.6. The highest BCUT2D eigenvalue weighted by atomic mass is 32.2. The molecule has 0 spiro atoms. The van der Waals surface area contributed by atoms with Crippen LogP contribution in [0.4, 0.5) is 0 Å². The molecule has 1 saturated heterocycles. The largest absolute Gasteiger partial charge is 0.356 e. The molecule has 0 radical (unpaired) electrons. The van der Waals surface area contributed by atoms with Crippen LogP contribution >= 0.6 is 0 Å². The average molecular weight is 401 g/mol. The topological polar surface area (TPSA) is 73.8 Å². The number of hydrogen-bond acceptors (Lipinski definition) is 3. The lowest BCUT2D eigenvalue weighted by Crippen LogP contribution is -2.44. The van der Waals surface area contributed by atoms with Crippen LogP contribution in [0, 0.1) is 5.92 Å². The first-order valence-corrected chi connectivity index (χ1v) is 11.1. The second-order valence-electron chi connectivity index (χ2n) is 6.95. The van der Waals surface area contributed by atoms with E-state index in [0.717, 1.165) is 25.3 Å². The predicted molar refractivity (Wildman–Crippen MR) is 113 cm³/mol. The van der Waals surface area contributed by atoms with Gasteiger partial charge in [0.25, 0.3) is 0 Å². The van der Waals surface area contributed by atoms with Crippen molar-refractivity contribution in [3.8, 4) is 0 Å². The van der Waals surface area contributed by atoms with Gasteiger partial charge in [-0.1, -0.05) is 48.5 Å². The van der Waals surface area contributed by atoms with Gasteiger partial charge in [-0.05, 0) is 36.5 Å². The molecule has 0 unspecified atom stereocenters. The molecule has 0 saturated carbocycles. The fraction of sp³-hybridized carbons (Fsp3) is 0.381. The van der Waals surface area contributed by atoms with Gasteiger partial charge in [0.1, 0.15) is 0 Å². The Kier molecular flexibility index (Phi) is 7.06. The van der Waals surface area contributed by atoms with Gasteiger partial charge >= 0.3 is 0 Å². The maximum Gasteiger partial charge on any atom is 0.243 e. The Morgan fingerprint density at radius 3 is 2.21 bits per heavy atom. The van der Waals surface area contributed by atoms with E-state index in [4.69, 9.17) is 0 Å². The molecular formula is C21H28N4O2S. The zero-order chi connectivity index (χ0) is 19.8. The van der Waals surface area contributed by atoms with E-state index in [-0.39, 0.29) is 0 Å². The normalized spacial score (nSPS) is 16.7. The molecule has 150 valence electrons. The van der Waals surface area contributed by atoms with E-state index in [0.29, 0.717) is 30.4 Å². The highest BCUT2D eigenvalue weighted by Crippen LogP contribution is 2.23. The van der Waals surface area contributed by atoms with Crippen molar-refractivity contribution in [2.75, 3.05) is 26.7 Å². The maximum atomic E-state index is 12.7. The van der Waals surface area contributed by atoms with Gasteiger partial charge in [-0.2, -0.15) is 4.31 Å². The SMILES string of the molecule is CN=C(NCc1ccccc1)NCC1CCN(S(=O)(=O)c2ccccc2)CC1. The van der Waals surface area contributed by atoms with E-state index in [1.807, 2.05) is 24.3 Å². The van der Waals surface area contributed by atoms with Gasteiger partial charge in [0.05, 0.1) is 4.90 Å². The van der Waals surface area contributed by atoms with Crippen LogP contribution < -0.4 is 10.6 Å². The summed E-state index contributed by atoms with van der Waals surface area (Å²) in [5.41, 5.74) is 1.20. The second-order valence-corrected chi connectivity index (χ2v) is 8.89. The van der Waals surface area contributed by atoms with Crippen molar-refractivity contribution in [2.24, 2.45) is 10.9 Å². The van der Waals surface area contributed by atoms with Crippen molar-refractivity contribution in [2.45, 2.75) is 24.3 Å². The van der Waals surface area contributed by atoms with E-state index in [1.165, 1.54) is 5.56 Å². The van der Waals surface area contributed by atoms with Gasteiger partial charge in [0.15, 0.2) is 5.96 Å². The molecule has 1 fully saturated rings. The van der Waals surface area contributed by atoms with Crippen LogP contribution in [0.5, 0.6) is 0 Å². The lowest BCUT2D eigenvalue weighted by atomic mass is 9.98. The number of nitrogens with one attached hydrogen (secondary N) is 2. The lowest BCUT2D eigenvalue weighted by Gasteiger charge is -2.31. The van der Waals surface area contributed by atoms with E-state index >= 15 is 0 Å². The number of piperidine rings is 1. The third kappa shape index (κ3) is 5.33. The number of nitrogens with zero attached hydrogens (tertiary/aromatic N) is 2. The molecule has 7 heteroatoms. The van der Waals surface area contributed by atoms with Crippen molar-refractivity contribution >= 4 is 16.0 Å². The molecule has 28 heavy (non-hydrogen) atoms. The number of benzene rings is 2. The Bertz CT molecular complexity index is 862. The summed E-state index contributed by atoms with van der Waals surface area (Å²) in [5.74, 6) is 1.20. The number of rotatable bonds is 6. The molecule has 0 amide bonds. The molecule has 2 aromatic carbocycles. The average Bonchev–Trinajstić information content (AvgIpc) is 2.75. The van der Waals surface area contributed by atoms with Gasteiger partial charge in [-0.3, -0.25) is 4.99 Å². The summed E-state index contributed by atoms with van der Waals surface area (Å²) in [4.78, 5) is 4.64. The molecular weight excluding hydrogens is 372 g/mol. The van der Waals surface area contributed by atoms with Crippen molar-refractivity contribution < 1.29 is 8.42 Å². The molecule has 1 aliphatic rings. The Labute approximate surface area is 167 Å². The summed E-state index contributed by atoms with van der Waals surface area (Å²) in [6, 6.07) is 18.9. The molecule has 0 aromatic heterocycles. The summed E-state index contributed by atoms with van der Waals surface area (Å²) in [5, 5.41) is 6.68. The molecule has 6 nitrogen and oxygen atoms in total. The van der Waals surface area contributed by atoms with Crippen molar-refractivity contribution in [1.29, 1.82) is 0 Å². The van der Waals surface area contributed by atoms with Gasteiger partial charge < -0.3 is 10.6 Å². The number of aliphatic imine (C=N–C) groups is 1. The Morgan fingerprint density at radius 2 is 1.61 bits per heavy atom. The summed E-state index contributed by atoms with van der Waals surface area (Å²) in [6.45, 7) is 2.61. The summed E-state index contributed by atoms with van der Waals surface area (Å²) < 4.78 is 27.0. The molecule has 3 rings (SSSR count). The number of hydrogen-bond donors (Lipinski definition) is 2. The van der Waals surface area contributed by atoms with Crippen LogP contribution in [-0.4, -0.2) is 45.4 Å². The molecule has 1 heterocycles. The molecule has 0 bridgehead atoms. The zero-order valence-electron chi connectivity index (χ0n) is 16.2. The lowest BCUT2D eigenvalue weighted by molar-refractivity contribution is 0.273. The van der Waals surface area contributed by atoms with Crippen molar-refractivity contribution in [3.05, 3.63) is 66.2 Å². The number of guanidine groups is 1. The first kappa shape index (κ1) is 20.4. The molecule has 0 aliphatic carbocycles. The maximum absolute atomic E-state index is 12.7. The quantitative estimate of drug-likeness (QED) is 0.577. The van der Waals surface area contributed by atoms with Crippen LogP contribution in [0.2, 0.25) is 0 Å². The Hall–Kier alpha value is -2.38. The highest BCUT2D eigenvalue weighted by Gasteiger charge is 2.29. The summed E-state index contributed by atoms with van der Waals surface area (Å²) >= 11 is 0. The first-order valence-electron chi connectivity index (χ1n) is 9.63. The van der Waals surface area contributed by atoms with Gasteiger partial charge in [0.2, 0.25) is 10.0 Å². The predicted octanol–water partition coefficient (Wildman–Crippen LogP) is 2.45. The fourth-order valence-corrected chi connectivity index (χ4v) is 4.83. The van der Waals surface area contributed by atoms with E-state index in [2.05, 4.69) is 27.8 Å². The molecule has 2 aromatic rings. The van der Waals surface area contributed by atoms with Crippen molar-refractivity contribution in [1.82, 2.24) is 14.9 Å². The standard InChI is InChI=1S/C21H28N4O2S/c1-22-21(23-16-18-8-4-2-5-9-18)24-17-19-12-14-25(15-13-19)28(26,27)20-10-6-3-7-11-20/h2-11,19H,12-17H2,1H3,(H2,22,23,24). The van der Waals surface area contributed by atoms with Gasteiger partial charge in [-0.25, -0.2) is 8.42 Å². The number of sulfonamides is 1. The van der Waals surface area contributed by atoms with E-state index in [1.54, 1.807) is 35.6 Å². The van der Waals surface area contributed by atoms with Crippen LogP contribution in [0.3, 0.4) is 0 Å². The van der Waals surface area contributed by atoms with Crippen LogP contribution in [0.1, 0.15) is 18.4 Å². The Morgan fingerprint density at radius 1 is 1.00 bits per heavy atom. The molecule has 2 N–H and O–H groups in total. The highest BCUT2D eigenvalue weighted by molar-refractivity contribution is 7.89. The second kappa shape index (κ2) is 9.71. The third-order valence-electron chi connectivity index (χ3n) is 5.04. The van der Waals surface area contributed by atoms with Gasteiger partial charge in [-0.15, -0.1) is 0 Å². The Balaban J connectivity index is 1.45. The monoisotopic (exact) mass is 400 g/mol. The third-order valence-corrected chi connectivity index (χ3v) is 6.95. The summed E-state index contributed by atoms with van der Waals surface area (Å²) in [7, 11) is -1.62. The van der Waals surface area contributed by atoms with Gasteiger partial charge in [0, 0.05) is 33.2 Å². The minimum absolute atomic E-state index is 0.372. The molecule has 1 aliphatic heterocycles. The minimum Gasteiger partial charge on any atom is -0.356 e. The minimum atomic E-state index is -3.38. The van der Waals surface area contributed by atoms with Crippen molar-refractivity contribution in [3.63, 3.8) is 0 Å².